The predicted molar refractivity (Wildman–Crippen MR) is 81.7 cm³/mol. The highest BCUT2D eigenvalue weighted by Crippen LogP contribution is 2.18. The molecule has 2 rings (SSSR count). The number of aromatic amines is 1. The molecule has 1 atom stereocenters. The van der Waals surface area contributed by atoms with Crippen LogP contribution in [0.1, 0.15) is 6.92 Å². The van der Waals surface area contributed by atoms with E-state index in [1.807, 2.05) is 0 Å². The number of ether oxygens (including phenoxy) is 2. The van der Waals surface area contributed by atoms with Crippen molar-refractivity contribution >= 4 is 11.8 Å². The van der Waals surface area contributed by atoms with Gasteiger partial charge in [-0.15, -0.1) is 0 Å². The predicted octanol–water partition coefficient (Wildman–Crippen LogP) is 2.02. The number of benzene rings is 1. The van der Waals surface area contributed by atoms with Crippen molar-refractivity contribution in [2.24, 2.45) is 0 Å². The number of nitrogens with one attached hydrogen (secondary N) is 2. The van der Waals surface area contributed by atoms with Crippen LogP contribution < -0.4 is 10.9 Å². The Hall–Kier alpha value is -2.67. The van der Waals surface area contributed by atoms with Crippen molar-refractivity contribution in [3.05, 3.63) is 46.8 Å². The Bertz CT molecular complexity index is 661. The van der Waals surface area contributed by atoms with Crippen LogP contribution in [-0.2, 0) is 9.47 Å². The molecule has 7 heteroatoms. The summed E-state index contributed by atoms with van der Waals surface area (Å²) in [6.07, 6.45) is -0.867. The maximum absolute atomic E-state index is 11.6. The molecule has 0 bridgehead atoms. The summed E-state index contributed by atoms with van der Waals surface area (Å²) in [4.78, 5) is 22.6. The average molecular weight is 303 g/mol. The smallest absolute Gasteiger partial charge is 0.411 e. The minimum absolute atomic E-state index is 0.255. The van der Waals surface area contributed by atoms with Crippen LogP contribution in [0, 0.1) is 0 Å². The Morgan fingerprint density at radius 3 is 2.59 bits per heavy atom. The molecular formula is C15H17N3O4. The van der Waals surface area contributed by atoms with E-state index in [2.05, 4.69) is 15.5 Å². The van der Waals surface area contributed by atoms with Gasteiger partial charge in [-0.2, -0.15) is 5.10 Å². The number of methoxy groups -OCH3 is 1. The number of rotatable bonds is 5. The van der Waals surface area contributed by atoms with Crippen LogP contribution in [0.15, 0.2) is 41.2 Å². The van der Waals surface area contributed by atoms with Gasteiger partial charge in [-0.05, 0) is 25.1 Å². The largest absolute Gasteiger partial charge is 0.444 e. The Labute approximate surface area is 127 Å². The molecule has 2 aromatic rings. The van der Waals surface area contributed by atoms with Gasteiger partial charge in [-0.3, -0.25) is 10.1 Å². The molecule has 0 spiro atoms. The topological polar surface area (TPSA) is 93.3 Å². The molecule has 1 aromatic carbocycles. The molecule has 0 aliphatic rings. The summed E-state index contributed by atoms with van der Waals surface area (Å²) >= 11 is 0. The van der Waals surface area contributed by atoms with Crippen molar-refractivity contribution < 1.29 is 14.3 Å². The number of amides is 1. The molecule has 0 saturated carbocycles. The Morgan fingerprint density at radius 2 is 2.00 bits per heavy atom. The number of carbonyl (C=O) groups excluding carboxylic acids is 1. The minimum atomic E-state index is -0.542. The molecule has 1 heterocycles. The van der Waals surface area contributed by atoms with Gasteiger partial charge in [0, 0.05) is 24.4 Å². The number of aromatic nitrogens is 2. The van der Waals surface area contributed by atoms with Gasteiger partial charge in [0.1, 0.15) is 6.10 Å². The summed E-state index contributed by atoms with van der Waals surface area (Å²) < 4.78 is 9.99. The van der Waals surface area contributed by atoms with Crippen molar-refractivity contribution in [1.29, 1.82) is 0 Å². The highest BCUT2D eigenvalue weighted by molar-refractivity contribution is 5.85. The Kier molecular flexibility index (Phi) is 5.26. The average Bonchev–Trinajstić information content (AvgIpc) is 2.49. The van der Waals surface area contributed by atoms with Crippen LogP contribution in [0.4, 0.5) is 10.5 Å². The molecule has 7 nitrogen and oxygen atoms in total. The molecular weight excluding hydrogens is 286 g/mol. The fourth-order valence-electron chi connectivity index (χ4n) is 1.83. The zero-order chi connectivity index (χ0) is 15.9. The second-order valence-corrected chi connectivity index (χ2v) is 4.68. The molecule has 2 N–H and O–H groups in total. The minimum Gasteiger partial charge on any atom is -0.444 e. The fraction of sp³-hybridized carbons (Fsp3) is 0.267. The summed E-state index contributed by atoms with van der Waals surface area (Å²) in [7, 11) is 1.54. The van der Waals surface area contributed by atoms with Crippen molar-refractivity contribution in [1.82, 2.24) is 10.2 Å². The van der Waals surface area contributed by atoms with Gasteiger partial charge in [0.2, 0.25) is 0 Å². The molecule has 1 aromatic heterocycles. The van der Waals surface area contributed by atoms with Gasteiger partial charge in [0.15, 0.2) is 0 Å². The second-order valence-electron chi connectivity index (χ2n) is 4.68. The lowest BCUT2D eigenvalue weighted by atomic mass is 10.1. The first-order valence-electron chi connectivity index (χ1n) is 6.71. The van der Waals surface area contributed by atoms with Crippen LogP contribution >= 0.6 is 0 Å². The molecule has 1 amide bonds. The van der Waals surface area contributed by atoms with E-state index >= 15 is 0 Å². The lowest BCUT2D eigenvalue weighted by Gasteiger charge is -2.13. The van der Waals surface area contributed by atoms with Gasteiger partial charge in [0.05, 0.1) is 12.3 Å². The van der Waals surface area contributed by atoms with Crippen LogP contribution in [0.5, 0.6) is 0 Å². The Balaban J connectivity index is 1.98. The second kappa shape index (κ2) is 7.37. The number of hydrogen-bond donors (Lipinski definition) is 2. The van der Waals surface area contributed by atoms with E-state index in [1.165, 1.54) is 6.07 Å². The number of carbonyl (C=O) groups is 1. The van der Waals surface area contributed by atoms with E-state index in [0.717, 1.165) is 5.56 Å². The summed E-state index contributed by atoms with van der Waals surface area (Å²) in [6.45, 7) is 2.08. The molecule has 0 radical (unpaired) electrons. The third-order valence-electron chi connectivity index (χ3n) is 2.82. The molecule has 0 saturated heterocycles. The number of hydrogen-bond acceptors (Lipinski definition) is 5. The highest BCUT2D eigenvalue weighted by Gasteiger charge is 2.09. The van der Waals surface area contributed by atoms with E-state index in [1.54, 1.807) is 44.4 Å². The highest BCUT2D eigenvalue weighted by atomic mass is 16.6. The van der Waals surface area contributed by atoms with Crippen LogP contribution in [0.3, 0.4) is 0 Å². The number of H-pyrrole nitrogens is 1. The van der Waals surface area contributed by atoms with Crippen LogP contribution in [0.2, 0.25) is 0 Å². The zero-order valence-corrected chi connectivity index (χ0v) is 12.3. The van der Waals surface area contributed by atoms with Crippen molar-refractivity contribution in [3.8, 4) is 11.3 Å². The first kappa shape index (κ1) is 15.7. The Morgan fingerprint density at radius 1 is 1.27 bits per heavy atom. The quantitative estimate of drug-likeness (QED) is 0.881. The zero-order valence-electron chi connectivity index (χ0n) is 12.3. The fourth-order valence-corrected chi connectivity index (χ4v) is 1.83. The monoisotopic (exact) mass is 303 g/mol. The lowest BCUT2D eigenvalue weighted by Crippen LogP contribution is -2.23. The standard InChI is InChI=1S/C15H17N3O4/c1-10(9-21-2)22-15(20)16-12-5-3-11(4-6-12)13-7-8-14(19)18-17-13/h3-8,10H,9H2,1-2H3,(H,16,20)(H,18,19). The first-order chi connectivity index (χ1) is 10.6. The van der Waals surface area contributed by atoms with Gasteiger partial charge in [-0.1, -0.05) is 12.1 Å². The summed E-state index contributed by atoms with van der Waals surface area (Å²) in [5.74, 6) is 0. The molecule has 0 aliphatic heterocycles. The van der Waals surface area contributed by atoms with Gasteiger partial charge >= 0.3 is 6.09 Å². The molecule has 116 valence electrons. The van der Waals surface area contributed by atoms with Crippen molar-refractivity contribution in [3.63, 3.8) is 0 Å². The summed E-state index contributed by atoms with van der Waals surface area (Å²) in [6, 6.07) is 10.1. The third kappa shape index (κ3) is 4.42. The molecule has 0 aliphatic carbocycles. The van der Waals surface area contributed by atoms with Gasteiger partial charge in [-0.25, -0.2) is 9.89 Å². The lowest BCUT2D eigenvalue weighted by molar-refractivity contribution is 0.0564. The SMILES string of the molecule is COCC(C)OC(=O)Nc1ccc(-c2ccc(=O)[nH]n2)cc1. The first-order valence-corrected chi connectivity index (χ1v) is 6.71. The summed E-state index contributed by atoms with van der Waals surface area (Å²) in [5.41, 5.74) is 1.81. The van der Waals surface area contributed by atoms with E-state index in [-0.39, 0.29) is 11.7 Å². The number of anilines is 1. The molecule has 0 fully saturated rings. The van der Waals surface area contributed by atoms with E-state index in [4.69, 9.17) is 9.47 Å². The van der Waals surface area contributed by atoms with Gasteiger partial charge < -0.3 is 9.47 Å². The van der Waals surface area contributed by atoms with Crippen LogP contribution in [-0.4, -0.2) is 36.1 Å². The van der Waals surface area contributed by atoms with Crippen molar-refractivity contribution in [2.45, 2.75) is 13.0 Å². The van der Waals surface area contributed by atoms with E-state index in [0.29, 0.717) is 18.0 Å². The molecule has 22 heavy (non-hydrogen) atoms. The van der Waals surface area contributed by atoms with E-state index < -0.39 is 6.09 Å². The van der Waals surface area contributed by atoms with Gasteiger partial charge in [0.25, 0.3) is 5.56 Å². The number of nitrogens with zero attached hydrogens (tertiary/aromatic N) is 1. The summed E-state index contributed by atoms with van der Waals surface area (Å²) in [5, 5.41) is 8.93. The maximum atomic E-state index is 11.6. The normalized spacial score (nSPS) is 11.7. The van der Waals surface area contributed by atoms with Crippen molar-refractivity contribution in [2.75, 3.05) is 19.0 Å². The van der Waals surface area contributed by atoms with E-state index in [9.17, 15) is 9.59 Å². The van der Waals surface area contributed by atoms with Crippen LogP contribution in [0.25, 0.3) is 11.3 Å². The third-order valence-corrected chi connectivity index (χ3v) is 2.82. The molecule has 1 unspecified atom stereocenters. The maximum Gasteiger partial charge on any atom is 0.411 e.